The molecule has 3 rings (SSSR count). The number of halogens is 2. The van der Waals surface area contributed by atoms with E-state index in [2.05, 4.69) is 10.3 Å². The molecule has 1 heterocycles. The van der Waals surface area contributed by atoms with E-state index in [-0.39, 0.29) is 17.8 Å². The molecule has 2 aromatic carbocycles. The van der Waals surface area contributed by atoms with E-state index in [1.54, 1.807) is 17.5 Å². The number of rotatable bonds is 5. The number of non-ortho nitro benzene ring substituents is 1. The molecule has 0 radical (unpaired) electrons. The van der Waals surface area contributed by atoms with Crippen molar-refractivity contribution >= 4 is 40.2 Å². The first-order chi connectivity index (χ1) is 12.4. The highest BCUT2D eigenvalue weighted by molar-refractivity contribution is 7.13. The Morgan fingerprint density at radius 3 is 2.81 bits per heavy atom. The summed E-state index contributed by atoms with van der Waals surface area (Å²) in [6, 6.07) is 10.2. The number of anilines is 1. The number of thiazole rings is 1. The first kappa shape index (κ1) is 18.0. The Balaban J connectivity index is 1.73. The Bertz CT molecular complexity index is 993. The SMILES string of the molecule is O=C(Cc1csc(-c2ccccc2Cl)n1)Nc1cc([N+](=O)[O-])ccc1F. The van der Waals surface area contributed by atoms with Gasteiger partial charge in [-0.3, -0.25) is 14.9 Å². The summed E-state index contributed by atoms with van der Waals surface area (Å²) in [6.45, 7) is 0. The van der Waals surface area contributed by atoms with Crippen LogP contribution in [0.4, 0.5) is 15.8 Å². The van der Waals surface area contributed by atoms with Gasteiger partial charge in [0, 0.05) is 23.1 Å². The molecule has 0 bridgehead atoms. The van der Waals surface area contributed by atoms with E-state index in [1.165, 1.54) is 11.3 Å². The van der Waals surface area contributed by atoms with Crippen molar-refractivity contribution in [1.82, 2.24) is 4.98 Å². The van der Waals surface area contributed by atoms with Crippen LogP contribution in [0.1, 0.15) is 5.69 Å². The number of nitrogens with zero attached hydrogens (tertiary/aromatic N) is 2. The van der Waals surface area contributed by atoms with Gasteiger partial charge >= 0.3 is 0 Å². The maximum Gasteiger partial charge on any atom is 0.271 e. The van der Waals surface area contributed by atoms with E-state index in [0.717, 1.165) is 23.8 Å². The molecule has 0 saturated carbocycles. The summed E-state index contributed by atoms with van der Waals surface area (Å²) >= 11 is 7.47. The first-order valence-electron chi connectivity index (χ1n) is 7.37. The Kier molecular flexibility index (Phi) is 5.24. The van der Waals surface area contributed by atoms with E-state index < -0.39 is 16.6 Å². The van der Waals surface area contributed by atoms with Crippen molar-refractivity contribution in [3.05, 3.63) is 74.5 Å². The Morgan fingerprint density at radius 2 is 2.08 bits per heavy atom. The zero-order valence-electron chi connectivity index (χ0n) is 13.1. The second-order valence-corrected chi connectivity index (χ2v) is 6.54. The largest absolute Gasteiger partial charge is 0.323 e. The van der Waals surface area contributed by atoms with Crippen molar-refractivity contribution < 1.29 is 14.1 Å². The van der Waals surface area contributed by atoms with Crippen molar-refractivity contribution in [2.45, 2.75) is 6.42 Å². The van der Waals surface area contributed by atoms with Gasteiger partial charge in [0.25, 0.3) is 5.69 Å². The van der Waals surface area contributed by atoms with Gasteiger partial charge in [-0.15, -0.1) is 11.3 Å². The van der Waals surface area contributed by atoms with Crippen LogP contribution in [0, 0.1) is 15.9 Å². The third-order valence-electron chi connectivity index (χ3n) is 3.43. The summed E-state index contributed by atoms with van der Waals surface area (Å²) in [7, 11) is 0. The van der Waals surface area contributed by atoms with Gasteiger partial charge in [-0.2, -0.15) is 0 Å². The molecule has 0 unspecified atom stereocenters. The standard InChI is InChI=1S/C17H11ClFN3O3S/c18-13-4-2-1-3-12(13)17-20-10(9-26-17)7-16(23)21-15-8-11(22(24)25)5-6-14(15)19/h1-6,8-9H,7H2,(H,21,23). The van der Waals surface area contributed by atoms with E-state index >= 15 is 0 Å². The number of amides is 1. The average Bonchev–Trinajstić information content (AvgIpc) is 3.05. The molecule has 0 aliphatic carbocycles. The number of carbonyl (C=O) groups excluding carboxylic acids is 1. The molecule has 0 atom stereocenters. The molecule has 0 saturated heterocycles. The normalized spacial score (nSPS) is 10.5. The topological polar surface area (TPSA) is 85.1 Å². The van der Waals surface area contributed by atoms with Crippen LogP contribution < -0.4 is 5.32 Å². The van der Waals surface area contributed by atoms with Gasteiger partial charge in [0.05, 0.1) is 27.7 Å². The molecule has 1 amide bonds. The predicted molar refractivity (Wildman–Crippen MR) is 97.9 cm³/mol. The van der Waals surface area contributed by atoms with E-state index in [9.17, 15) is 19.3 Å². The molecule has 0 aliphatic rings. The lowest BCUT2D eigenvalue weighted by atomic mass is 10.2. The van der Waals surface area contributed by atoms with Gasteiger partial charge in [0.15, 0.2) is 0 Å². The van der Waals surface area contributed by atoms with E-state index in [1.807, 2.05) is 12.1 Å². The lowest BCUT2D eigenvalue weighted by Gasteiger charge is -2.05. The molecule has 132 valence electrons. The Morgan fingerprint density at radius 1 is 1.31 bits per heavy atom. The molecular weight excluding hydrogens is 381 g/mol. The van der Waals surface area contributed by atoms with Crippen LogP contribution in [0.2, 0.25) is 5.02 Å². The van der Waals surface area contributed by atoms with Gasteiger partial charge in [0.2, 0.25) is 5.91 Å². The third-order valence-corrected chi connectivity index (χ3v) is 4.69. The van der Waals surface area contributed by atoms with Crippen LogP contribution in [-0.4, -0.2) is 15.8 Å². The van der Waals surface area contributed by atoms with Crippen LogP contribution in [0.5, 0.6) is 0 Å². The average molecular weight is 392 g/mol. The Labute approximate surface area is 156 Å². The number of hydrogen-bond donors (Lipinski definition) is 1. The Hall–Kier alpha value is -2.84. The second-order valence-electron chi connectivity index (χ2n) is 5.27. The first-order valence-corrected chi connectivity index (χ1v) is 8.63. The fraction of sp³-hybridized carbons (Fsp3) is 0.0588. The quantitative estimate of drug-likeness (QED) is 0.505. The fourth-order valence-corrected chi connectivity index (χ4v) is 3.37. The van der Waals surface area contributed by atoms with Crippen LogP contribution >= 0.6 is 22.9 Å². The van der Waals surface area contributed by atoms with Gasteiger partial charge in [-0.1, -0.05) is 29.8 Å². The second kappa shape index (κ2) is 7.59. The monoisotopic (exact) mass is 391 g/mol. The van der Waals surface area contributed by atoms with Gasteiger partial charge in [-0.25, -0.2) is 9.37 Å². The van der Waals surface area contributed by atoms with Crippen LogP contribution in [0.15, 0.2) is 47.8 Å². The summed E-state index contributed by atoms with van der Waals surface area (Å²) in [5.41, 5.74) is 0.700. The van der Waals surface area contributed by atoms with Gasteiger partial charge in [-0.05, 0) is 12.1 Å². The number of hydrogen-bond acceptors (Lipinski definition) is 5. The summed E-state index contributed by atoms with van der Waals surface area (Å²) in [6.07, 6.45) is -0.0942. The maximum atomic E-state index is 13.7. The minimum Gasteiger partial charge on any atom is -0.323 e. The molecule has 0 spiro atoms. The number of benzene rings is 2. The predicted octanol–water partition coefficient (Wildman–Crippen LogP) is 4.69. The zero-order chi connectivity index (χ0) is 18.7. The highest BCUT2D eigenvalue weighted by atomic mass is 35.5. The lowest BCUT2D eigenvalue weighted by Crippen LogP contribution is -2.15. The number of aromatic nitrogens is 1. The molecule has 6 nitrogen and oxygen atoms in total. The fourth-order valence-electron chi connectivity index (χ4n) is 2.23. The smallest absolute Gasteiger partial charge is 0.271 e. The van der Waals surface area contributed by atoms with E-state index in [0.29, 0.717) is 15.7 Å². The molecule has 1 aromatic heterocycles. The summed E-state index contributed by atoms with van der Waals surface area (Å²) in [4.78, 5) is 26.6. The number of carbonyl (C=O) groups is 1. The van der Waals surface area contributed by atoms with Crippen LogP contribution in [0.25, 0.3) is 10.6 Å². The highest BCUT2D eigenvalue weighted by Gasteiger charge is 2.15. The van der Waals surface area contributed by atoms with Crippen molar-refractivity contribution in [2.75, 3.05) is 5.32 Å². The van der Waals surface area contributed by atoms with Crippen molar-refractivity contribution in [3.63, 3.8) is 0 Å². The third kappa shape index (κ3) is 4.04. The summed E-state index contributed by atoms with van der Waals surface area (Å²) in [5, 5.41) is 16.0. The number of nitrogens with one attached hydrogen (secondary N) is 1. The van der Waals surface area contributed by atoms with Crippen LogP contribution in [-0.2, 0) is 11.2 Å². The highest BCUT2D eigenvalue weighted by Crippen LogP contribution is 2.30. The summed E-state index contributed by atoms with van der Waals surface area (Å²) in [5.74, 6) is -1.28. The van der Waals surface area contributed by atoms with Crippen molar-refractivity contribution in [2.24, 2.45) is 0 Å². The van der Waals surface area contributed by atoms with Crippen molar-refractivity contribution in [3.8, 4) is 10.6 Å². The lowest BCUT2D eigenvalue weighted by molar-refractivity contribution is -0.384. The minimum atomic E-state index is -0.751. The molecule has 26 heavy (non-hydrogen) atoms. The number of nitro groups is 1. The molecule has 9 heteroatoms. The molecule has 1 N–H and O–H groups in total. The van der Waals surface area contributed by atoms with Crippen LogP contribution in [0.3, 0.4) is 0 Å². The maximum absolute atomic E-state index is 13.7. The van der Waals surface area contributed by atoms with Gasteiger partial charge in [0.1, 0.15) is 10.8 Å². The van der Waals surface area contributed by atoms with E-state index in [4.69, 9.17) is 11.6 Å². The summed E-state index contributed by atoms with van der Waals surface area (Å²) < 4.78 is 13.7. The van der Waals surface area contributed by atoms with Gasteiger partial charge < -0.3 is 5.32 Å². The molecular formula is C17H11ClFN3O3S. The minimum absolute atomic E-state index is 0.0942. The molecule has 3 aromatic rings. The molecule has 0 aliphatic heterocycles. The molecule has 0 fully saturated rings. The van der Waals surface area contributed by atoms with Crippen molar-refractivity contribution in [1.29, 1.82) is 0 Å². The number of nitro benzene ring substituents is 1. The zero-order valence-corrected chi connectivity index (χ0v) is 14.7.